The lowest BCUT2D eigenvalue weighted by Crippen LogP contribution is -2.48. The van der Waals surface area contributed by atoms with Crippen LogP contribution in [0, 0.1) is 5.92 Å². The van der Waals surface area contributed by atoms with Gasteiger partial charge in [0, 0.05) is 50.1 Å². The lowest BCUT2D eigenvalue weighted by molar-refractivity contribution is 0.209. The summed E-state index contributed by atoms with van der Waals surface area (Å²) >= 11 is 0. The van der Waals surface area contributed by atoms with Crippen LogP contribution >= 0.6 is 0 Å². The van der Waals surface area contributed by atoms with Crippen LogP contribution in [0.25, 0.3) is 0 Å². The Hall–Kier alpha value is -1.22. The van der Waals surface area contributed by atoms with Gasteiger partial charge >= 0.3 is 0 Å². The van der Waals surface area contributed by atoms with E-state index in [2.05, 4.69) is 53.2 Å². The highest BCUT2D eigenvalue weighted by Crippen LogP contribution is 2.25. The van der Waals surface area contributed by atoms with E-state index < -0.39 is 0 Å². The second-order valence-electron chi connectivity index (χ2n) is 7.55. The van der Waals surface area contributed by atoms with Crippen molar-refractivity contribution in [3.05, 3.63) is 24.3 Å². The first kappa shape index (κ1) is 16.6. The van der Waals surface area contributed by atoms with Gasteiger partial charge in [0.05, 0.1) is 0 Å². The molecule has 128 valence electrons. The van der Waals surface area contributed by atoms with Crippen molar-refractivity contribution in [1.29, 1.82) is 0 Å². The summed E-state index contributed by atoms with van der Waals surface area (Å²) in [6.07, 6.45) is 7.10. The molecule has 1 heterocycles. The standard InChI is InChI=1S/C20H33N3/c1-17(2)22-12-14-23(15-13-22)20-10-8-19(9-11-20)21-16-18-6-4-3-5-7-18/h8-11,17-18,21H,3-7,12-16H2,1-2H3. The fraction of sp³-hybridized carbons (Fsp3) is 0.700. The molecule has 1 aliphatic heterocycles. The first-order valence-corrected chi connectivity index (χ1v) is 9.55. The Morgan fingerprint density at radius 1 is 0.957 bits per heavy atom. The van der Waals surface area contributed by atoms with Crippen LogP contribution in [0.3, 0.4) is 0 Å². The summed E-state index contributed by atoms with van der Waals surface area (Å²) in [4.78, 5) is 5.08. The van der Waals surface area contributed by atoms with E-state index in [-0.39, 0.29) is 0 Å². The van der Waals surface area contributed by atoms with Crippen molar-refractivity contribution in [2.45, 2.75) is 52.0 Å². The molecule has 23 heavy (non-hydrogen) atoms. The fourth-order valence-electron chi connectivity index (χ4n) is 3.94. The normalized spacial score (nSPS) is 20.9. The number of benzene rings is 1. The SMILES string of the molecule is CC(C)N1CCN(c2ccc(NCC3CCCCC3)cc2)CC1. The van der Waals surface area contributed by atoms with Crippen LogP contribution in [0.15, 0.2) is 24.3 Å². The summed E-state index contributed by atoms with van der Waals surface area (Å²) in [6, 6.07) is 9.76. The van der Waals surface area contributed by atoms with E-state index in [1.807, 2.05) is 0 Å². The maximum atomic E-state index is 3.64. The third-order valence-corrected chi connectivity index (χ3v) is 5.60. The zero-order valence-corrected chi connectivity index (χ0v) is 14.9. The van der Waals surface area contributed by atoms with E-state index >= 15 is 0 Å². The summed E-state index contributed by atoms with van der Waals surface area (Å²) < 4.78 is 0. The van der Waals surface area contributed by atoms with Crippen molar-refractivity contribution < 1.29 is 0 Å². The molecule has 1 aliphatic carbocycles. The van der Waals surface area contributed by atoms with Gasteiger partial charge in [-0.1, -0.05) is 19.3 Å². The van der Waals surface area contributed by atoms with Crippen molar-refractivity contribution in [3.63, 3.8) is 0 Å². The smallest absolute Gasteiger partial charge is 0.0368 e. The van der Waals surface area contributed by atoms with Gasteiger partial charge in [0.2, 0.25) is 0 Å². The van der Waals surface area contributed by atoms with Gasteiger partial charge in [-0.05, 0) is 56.9 Å². The van der Waals surface area contributed by atoms with Gasteiger partial charge in [0.25, 0.3) is 0 Å². The molecule has 3 rings (SSSR count). The van der Waals surface area contributed by atoms with Crippen molar-refractivity contribution >= 4 is 11.4 Å². The third-order valence-electron chi connectivity index (χ3n) is 5.60. The molecule has 3 heteroatoms. The van der Waals surface area contributed by atoms with Crippen LogP contribution in [0.1, 0.15) is 46.0 Å². The van der Waals surface area contributed by atoms with Crippen LogP contribution in [-0.2, 0) is 0 Å². The second-order valence-corrected chi connectivity index (χ2v) is 7.55. The average Bonchev–Trinajstić information content (AvgIpc) is 2.61. The van der Waals surface area contributed by atoms with E-state index in [1.54, 1.807) is 0 Å². The van der Waals surface area contributed by atoms with E-state index in [9.17, 15) is 0 Å². The van der Waals surface area contributed by atoms with Gasteiger partial charge in [-0.3, -0.25) is 4.90 Å². The highest BCUT2D eigenvalue weighted by Gasteiger charge is 2.19. The van der Waals surface area contributed by atoms with Gasteiger partial charge < -0.3 is 10.2 Å². The molecule has 1 aromatic carbocycles. The maximum absolute atomic E-state index is 3.64. The Balaban J connectivity index is 1.47. The fourth-order valence-corrected chi connectivity index (χ4v) is 3.94. The lowest BCUT2D eigenvalue weighted by Gasteiger charge is -2.38. The molecular formula is C20H33N3. The second kappa shape index (κ2) is 8.05. The lowest BCUT2D eigenvalue weighted by atomic mass is 9.89. The molecule has 1 N–H and O–H groups in total. The van der Waals surface area contributed by atoms with Crippen LogP contribution < -0.4 is 10.2 Å². The van der Waals surface area contributed by atoms with Crippen LogP contribution in [0.2, 0.25) is 0 Å². The van der Waals surface area contributed by atoms with Crippen LogP contribution in [-0.4, -0.2) is 43.7 Å². The number of nitrogens with one attached hydrogen (secondary N) is 1. The number of hydrogen-bond donors (Lipinski definition) is 1. The molecular weight excluding hydrogens is 282 g/mol. The predicted octanol–water partition coefficient (Wildman–Crippen LogP) is 4.21. The first-order chi connectivity index (χ1) is 11.2. The van der Waals surface area contributed by atoms with Crippen molar-refractivity contribution in [1.82, 2.24) is 4.90 Å². The van der Waals surface area contributed by atoms with E-state index in [4.69, 9.17) is 0 Å². The number of piperazine rings is 1. The van der Waals surface area contributed by atoms with E-state index in [0.717, 1.165) is 25.6 Å². The Morgan fingerprint density at radius 2 is 1.61 bits per heavy atom. The van der Waals surface area contributed by atoms with Crippen molar-refractivity contribution in [2.75, 3.05) is 42.9 Å². The number of nitrogens with zero attached hydrogens (tertiary/aromatic N) is 2. The Labute approximate surface area is 142 Å². The van der Waals surface area contributed by atoms with Gasteiger partial charge in [-0.2, -0.15) is 0 Å². The van der Waals surface area contributed by atoms with Gasteiger partial charge in [-0.25, -0.2) is 0 Å². The maximum Gasteiger partial charge on any atom is 0.0368 e. The zero-order chi connectivity index (χ0) is 16.1. The molecule has 0 spiro atoms. The molecule has 0 amide bonds. The third kappa shape index (κ3) is 4.63. The van der Waals surface area contributed by atoms with Crippen LogP contribution in [0.5, 0.6) is 0 Å². The molecule has 3 nitrogen and oxygen atoms in total. The molecule has 1 saturated heterocycles. The molecule has 2 aliphatic rings. The first-order valence-electron chi connectivity index (χ1n) is 9.55. The van der Waals surface area contributed by atoms with E-state index in [1.165, 1.54) is 56.6 Å². The molecule has 0 aromatic heterocycles. The van der Waals surface area contributed by atoms with E-state index in [0.29, 0.717) is 6.04 Å². The zero-order valence-electron chi connectivity index (χ0n) is 14.9. The molecule has 1 saturated carbocycles. The minimum Gasteiger partial charge on any atom is -0.385 e. The average molecular weight is 316 g/mol. The molecule has 1 aromatic rings. The van der Waals surface area contributed by atoms with Gasteiger partial charge in [0.1, 0.15) is 0 Å². The quantitative estimate of drug-likeness (QED) is 0.878. The Morgan fingerprint density at radius 3 is 2.22 bits per heavy atom. The summed E-state index contributed by atoms with van der Waals surface area (Å²) in [5, 5.41) is 3.64. The Bertz CT molecular complexity index is 454. The molecule has 2 fully saturated rings. The molecule has 0 unspecified atom stereocenters. The summed E-state index contributed by atoms with van der Waals surface area (Å²) in [7, 11) is 0. The number of rotatable bonds is 5. The highest BCUT2D eigenvalue weighted by molar-refractivity contribution is 5.55. The van der Waals surface area contributed by atoms with Crippen molar-refractivity contribution in [3.8, 4) is 0 Å². The number of hydrogen-bond acceptors (Lipinski definition) is 3. The van der Waals surface area contributed by atoms with Gasteiger partial charge in [-0.15, -0.1) is 0 Å². The molecule has 0 bridgehead atoms. The molecule has 0 radical (unpaired) electrons. The van der Waals surface area contributed by atoms with Gasteiger partial charge in [0.15, 0.2) is 0 Å². The summed E-state index contributed by atoms with van der Waals surface area (Å²) in [5.74, 6) is 0.882. The summed E-state index contributed by atoms with van der Waals surface area (Å²) in [5.41, 5.74) is 2.65. The summed E-state index contributed by atoms with van der Waals surface area (Å²) in [6.45, 7) is 10.4. The minimum absolute atomic E-state index is 0.670. The Kier molecular flexibility index (Phi) is 5.82. The monoisotopic (exact) mass is 315 g/mol. The minimum atomic E-state index is 0.670. The highest BCUT2D eigenvalue weighted by atomic mass is 15.3. The van der Waals surface area contributed by atoms with Crippen molar-refractivity contribution in [2.24, 2.45) is 5.92 Å². The number of anilines is 2. The van der Waals surface area contributed by atoms with Crippen LogP contribution in [0.4, 0.5) is 11.4 Å². The molecule has 0 atom stereocenters. The predicted molar refractivity (Wildman–Crippen MR) is 100 cm³/mol. The largest absolute Gasteiger partial charge is 0.385 e. The topological polar surface area (TPSA) is 18.5 Å².